The molecule has 0 bridgehead atoms. The van der Waals surface area contributed by atoms with Gasteiger partial charge in [-0.25, -0.2) is 13.2 Å². The first-order chi connectivity index (χ1) is 10.9. The van der Waals surface area contributed by atoms with E-state index in [-0.39, 0.29) is 29.5 Å². The van der Waals surface area contributed by atoms with Crippen LogP contribution in [0, 0.1) is 11.8 Å². The Morgan fingerprint density at radius 2 is 1.96 bits per heavy atom. The second-order valence-electron chi connectivity index (χ2n) is 6.82. The van der Waals surface area contributed by atoms with Gasteiger partial charge in [0.25, 0.3) is 0 Å². The number of amides is 2. The molecule has 23 heavy (non-hydrogen) atoms. The van der Waals surface area contributed by atoms with Crippen LogP contribution in [0.2, 0.25) is 0 Å². The van der Waals surface area contributed by atoms with Crippen LogP contribution in [0.5, 0.6) is 0 Å². The Hall–Kier alpha value is -0.860. The van der Waals surface area contributed by atoms with Crippen molar-refractivity contribution in [3.8, 4) is 0 Å². The molecule has 2 amide bonds. The van der Waals surface area contributed by atoms with Gasteiger partial charge < -0.3 is 15.4 Å². The van der Waals surface area contributed by atoms with Crippen LogP contribution in [0.1, 0.15) is 20.3 Å². The number of nitrogens with zero attached hydrogens (tertiary/aromatic N) is 1. The summed E-state index contributed by atoms with van der Waals surface area (Å²) in [6, 6.07) is 0.0738. The number of ether oxygens (including phenoxy) is 1. The molecule has 2 fully saturated rings. The maximum absolute atomic E-state index is 12.0. The fourth-order valence-corrected chi connectivity index (χ4v) is 5.09. The molecule has 8 heteroatoms. The lowest BCUT2D eigenvalue weighted by Crippen LogP contribution is -2.52. The SMILES string of the molecule is CC(C)[C@@H](CNC(=O)NC[C@@H]1CCS(=O)(=O)C1)N1CCOCC1. The largest absolute Gasteiger partial charge is 0.379 e. The minimum absolute atomic E-state index is 0.0471. The van der Waals surface area contributed by atoms with Gasteiger partial charge in [0, 0.05) is 32.2 Å². The predicted molar refractivity (Wildman–Crippen MR) is 89.2 cm³/mol. The van der Waals surface area contributed by atoms with Crippen molar-refractivity contribution in [3.63, 3.8) is 0 Å². The third-order valence-electron chi connectivity index (χ3n) is 4.63. The Morgan fingerprint density at radius 1 is 1.26 bits per heavy atom. The minimum atomic E-state index is -2.89. The second kappa shape index (κ2) is 8.30. The number of nitrogens with one attached hydrogen (secondary N) is 2. The van der Waals surface area contributed by atoms with Crippen molar-refractivity contribution < 1.29 is 17.9 Å². The Morgan fingerprint density at radius 3 is 2.52 bits per heavy atom. The van der Waals surface area contributed by atoms with Crippen LogP contribution >= 0.6 is 0 Å². The van der Waals surface area contributed by atoms with Gasteiger partial charge in [-0.05, 0) is 18.3 Å². The summed E-state index contributed by atoms with van der Waals surface area (Å²) in [7, 11) is -2.89. The van der Waals surface area contributed by atoms with Crippen molar-refractivity contribution in [2.75, 3.05) is 50.9 Å². The van der Waals surface area contributed by atoms with Crippen molar-refractivity contribution >= 4 is 15.9 Å². The van der Waals surface area contributed by atoms with E-state index < -0.39 is 9.84 Å². The first kappa shape index (κ1) is 18.5. The van der Waals surface area contributed by atoms with Crippen LogP contribution in [-0.4, -0.2) is 76.3 Å². The van der Waals surface area contributed by atoms with E-state index in [9.17, 15) is 13.2 Å². The Labute approximate surface area is 139 Å². The van der Waals surface area contributed by atoms with Gasteiger partial charge in [0.1, 0.15) is 0 Å². The lowest BCUT2D eigenvalue weighted by molar-refractivity contribution is 0.00719. The molecule has 2 rings (SSSR count). The lowest BCUT2D eigenvalue weighted by Gasteiger charge is -2.36. The van der Waals surface area contributed by atoms with Gasteiger partial charge >= 0.3 is 6.03 Å². The molecule has 7 nitrogen and oxygen atoms in total. The van der Waals surface area contributed by atoms with Crippen molar-refractivity contribution in [1.82, 2.24) is 15.5 Å². The molecule has 0 aliphatic carbocycles. The van der Waals surface area contributed by atoms with E-state index in [2.05, 4.69) is 29.4 Å². The molecular weight excluding hydrogens is 318 g/mol. The zero-order valence-electron chi connectivity index (χ0n) is 14.1. The first-order valence-electron chi connectivity index (χ1n) is 8.41. The van der Waals surface area contributed by atoms with E-state index in [4.69, 9.17) is 4.74 Å². The molecule has 0 unspecified atom stereocenters. The Balaban J connectivity index is 1.71. The van der Waals surface area contributed by atoms with Crippen LogP contribution in [0.25, 0.3) is 0 Å². The van der Waals surface area contributed by atoms with Crippen LogP contribution < -0.4 is 10.6 Å². The van der Waals surface area contributed by atoms with Gasteiger partial charge in [-0.1, -0.05) is 13.8 Å². The summed E-state index contributed by atoms with van der Waals surface area (Å²) in [5.74, 6) is 0.919. The quantitative estimate of drug-likeness (QED) is 0.710. The highest BCUT2D eigenvalue weighted by Crippen LogP contribution is 2.17. The molecule has 2 N–H and O–H groups in total. The average Bonchev–Trinajstić information content (AvgIpc) is 2.85. The highest BCUT2D eigenvalue weighted by molar-refractivity contribution is 7.91. The summed E-state index contributed by atoms with van der Waals surface area (Å²) in [6.45, 7) is 8.60. The predicted octanol–water partition coefficient (Wildman–Crippen LogP) is 0.0771. The number of hydrogen-bond acceptors (Lipinski definition) is 5. The van der Waals surface area contributed by atoms with Crippen molar-refractivity contribution in [1.29, 1.82) is 0 Å². The molecule has 0 aromatic rings. The van der Waals surface area contributed by atoms with E-state index in [1.165, 1.54) is 0 Å². The third kappa shape index (κ3) is 5.93. The van der Waals surface area contributed by atoms with Gasteiger partial charge in [-0.15, -0.1) is 0 Å². The molecule has 2 aliphatic heterocycles. The summed E-state index contributed by atoms with van der Waals surface area (Å²) >= 11 is 0. The van der Waals surface area contributed by atoms with E-state index >= 15 is 0 Å². The monoisotopic (exact) mass is 347 g/mol. The highest BCUT2D eigenvalue weighted by Gasteiger charge is 2.28. The number of carbonyl (C=O) groups excluding carboxylic acids is 1. The zero-order chi connectivity index (χ0) is 16.9. The van der Waals surface area contributed by atoms with E-state index in [1.54, 1.807) is 0 Å². The average molecular weight is 347 g/mol. The summed E-state index contributed by atoms with van der Waals surface area (Å²) in [6.07, 6.45) is 0.644. The molecular formula is C15H29N3O4S. The molecule has 0 saturated carbocycles. The maximum atomic E-state index is 12.0. The van der Waals surface area contributed by atoms with E-state index in [0.29, 0.717) is 25.4 Å². The highest BCUT2D eigenvalue weighted by atomic mass is 32.2. The Kier molecular flexibility index (Phi) is 6.67. The third-order valence-corrected chi connectivity index (χ3v) is 6.47. The molecule has 0 aromatic carbocycles. The molecule has 2 heterocycles. The summed E-state index contributed by atoms with van der Waals surface area (Å²) in [4.78, 5) is 14.3. The standard InChI is InChI=1S/C15H29N3O4S/c1-12(2)14(18-4-6-22-7-5-18)10-17-15(19)16-9-13-3-8-23(20,21)11-13/h12-14H,3-11H2,1-2H3,(H2,16,17,19)/t13-,14+/m0/s1. The van der Waals surface area contributed by atoms with Gasteiger partial charge in [-0.2, -0.15) is 0 Å². The summed E-state index contributed by atoms with van der Waals surface area (Å²) < 4.78 is 28.2. The molecule has 2 aliphatic rings. The smallest absolute Gasteiger partial charge is 0.314 e. The van der Waals surface area contributed by atoms with E-state index in [0.717, 1.165) is 26.3 Å². The molecule has 0 radical (unpaired) electrons. The van der Waals surface area contributed by atoms with Crippen molar-refractivity contribution in [2.45, 2.75) is 26.3 Å². The van der Waals surface area contributed by atoms with Crippen LogP contribution in [-0.2, 0) is 14.6 Å². The van der Waals surface area contributed by atoms with Gasteiger partial charge in [0.05, 0.1) is 24.7 Å². The molecule has 2 saturated heterocycles. The number of hydrogen-bond donors (Lipinski definition) is 2. The number of sulfone groups is 1. The van der Waals surface area contributed by atoms with Gasteiger partial charge in [-0.3, -0.25) is 4.90 Å². The molecule has 0 aromatic heterocycles. The summed E-state index contributed by atoms with van der Waals surface area (Å²) in [5.41, 5.74) is 0. The maximum Gasteiger partial charge on any atom is 0.314 e. The van der Waals surface area contributed by atoms with Crippen LogP contribution in [0.3, 0.4) is 0 Å². The second-order valence-corrected chi connectivity index (χ2v) is 9.05. The fraction of sp³-hybridized carbons (Fsp3) is 0.933. The van der Waals surface area contributed by atoms with Crippen LogP contribution in [0.15, 0.2) is 0 Å². The zero-order valence-corrected chi connectivity index (χ0v) is 14.9. The number of urea groups is 1. The number of carbonyl (C=O) groups is 1. The molecule has 134 valence electrons. The summed E-state index contributed by atoms with van der Waals surface area (Å²) in [5, 5.41) is 5.73. The topological polar surface area (TPSA) is 87.7 Å². The number of rotatable bonds is 6. The first-order valence-corrected chi connectivity index (χ1v) is 10.2. The lowest BCUT2D eigenvalue weighted by atomic mass is 10.0. The number of morpholine rings is 1. The van der Waals surface area contributed by atoms with Crippen LogP contribution in [0.4, 0.5) is 4.79 Å². The minimum Gasteiger partial charge on any atom is -0.379 e. The van der Waals surface area contributed by atoms with Crippen molar-refractivity contribution in [2.24, 2.45) is 11.8 Å². The molecule has 0 spiro atoms. The Bertz CT molecular complexity index is 489. The molecule has 2 atom stereocenters. The van der Waals surface area contributed by atoms with Crippen molar-refractivity contribution in [3.05, 3.63) is 0 Å². The van der Waals surface area contributed by atoms with E-state index in [1.807, 2.05) is 0 Å². The fourth-order valence-electron chi connectivity index (χ4n) is 3.23. The van der Waals surface area contributed by atoms with Gasteiger partial charge in [0.15, 0.2) is 9.84 Å². The van der Waals surface area contributed by atoms with Gasteiger partial charge in [0.2, 0.25) is 0 Å². The normalized spacial score (nSPS) is 26.1.